The van der Waals surface area contributed by atoms with E-state index in [0.717, 1.165) is 48.5 Å². The summed E-state index contributed by atoms with van der Waals surface area (Å²) in [5.41, 5.74) is -19.8. The van der Waals surface area contributed by atoms with Crippen LogP contribution in [0, 0.1) is 55.4 Å². The molecule has 16 nitrogen and oxygen atoms in total. The molecule has 4 aromatic carbocycles. The first-order valence-electron chi connectivity index (χ1n) is 25.1. The molecule has 0 fully saturated rings. The summed E-state index contributed by atoms with van der Waals surface area (Å²) in [7, 11) is -24.8. The van der Waals surface area contributed by atoms with Gasteiger partial charge in [-0.1, -0.05) is 0 Å². The standard InChI is InChI=1S/C56H42F12N4O12S4/c1-25-17-33(81-85(73,74)53(57,58)59)18-26(2)45(25)49-37-9-11-39(69-37)50(46-27(3)19-34(20-28(46)4)82-86(75,76)54(60,61)62)41-13-15-43(71-41)52(48-31(7)23-36(24-32(48)8)84-88(79,80)56(66,67)68)44-16-14-42(72-44)51(40-12-10-38(49)70-40)47-29(5)21-35(22-30(47)6)83-87(77,78)55(63,64)65/h9-24,69,72H,1-8H3. The molecule has 88 heavy (non-hydrogen) atoms. The second-order valence-corrected chi connectivity index (χ2v) is 26.3. The number of aromatic nitrogens is 4. The van der Waals surface area contributed by atoms with Crippen molar-refractivity contribution in [3.63, 3.8) is 0 Å². The first-order valence-corrected chi connectivity index (χ1v) is 30.7. The fourth-order valence-corrected chi connectivity index (χ4v) is 12.2. The molecule has 3 aromatic heterocycles. The molecule has 0 spiro atoms. The van der Waals surface area contributed by atoms with Gasteiger partial charge in [0.2, 0.25) is 0 Å². The summed E-state index contributed by atoms with van der Waals surface area (Å²) in [5.74, 6) is -2.93. The van der Waals surface area contributed by atoms with Crippen molar-refractivity contribution in [1.29, 1.82) is 0 Å². The second-order valence-electron chi connectivity index (χ2n) is 20.2. The van der Waals surface area contributed by atoms with Crippen LogP contribution in [0.15, 0.2) is 72.8 Å². The van der Waals surface area contributed by atoms with Gasteiger partial charge in [0.25, 0.3) is 0 Å². The number of H-pyrrole nitrogens is 2. The molecule has 0 saturated heterocycles. The molecule has 32 heteroatoms. The van der Waals surface area contributed by atoms with Crippen LogP contribution in [0.2, 0.25) is 0 Å². The summed E-state index contributed by atoms with van der Waals surface area (Å²) in [4.78, 5) is 16.8. The highest BCUT2D eigenvalue weighted by atomic mass is 32.2. The highest BCUT2D eigenvalue weighted by Crippen LogP contribution is 2.46. The lowest BCUT2D eigenvalue weighted by atomic mass is 9.94. The largest absolute Gasteiger partial charge is 0.534 e. The zero-order valence-electron chi connectivity index (χ0n) is 46.2. The van der Waals surface area contributed by atoms with Crippen LogP contribution in [-0.4, -0.2) is 75.6 Å². The topological polar surface area (TPSA) is 231 Å². The number of halogens is 12. The maximum absolute atomic E-state index is 13.6. The van der Waals surface area contributed by atoms with Crippen LogP contribution in [0.5, 0.6) is 23.0 Å². The van der Waals surface area contributed by atoms with E-state index in [2.05, 4.69) is 26.7 Å². The van der Waals surface area contributed by atoms with E-state index < -0.39 is 85.5 Å². The van der Waals surface area contributed by atoms with Crippen LogP contribution >= 0.6 is 0 Å². The number of aryl methyl sites for hydroxylation is 8. The maximum Gasteiger partial charge on any atom is 0.534 e. The van der Waals surface area contributed by atoms with Crippen molar-refractivity contribution in [2.24, 2.45) is 0 Å². The van der Waals surface area contributed by atoms with E-state index in [1.54, 1.807) is 0 Å². The van der Waals surface area contributed by atoms with E-state index in [9.17, 15) is 86.4 Å². The van der Waals surface area contributed by atoms with Crippen molar-refractivity contribution in [2.45, 2.75) is 77.4 Å². The van der Waals surface area contributed by atoms with Crippen LogP contribution in [0.4, 0.5) is 52.7 Å². The Bertz CT molecular complexity index is 4170. The molecule has 0 unspecified atom stereocenters. The van der Waals surface area contributed by atoms with E-state index in [0.29, 0.717) is 0 Å². The van der Waals surface area contributed by atoms with Crippen LogP contribution in [0.25, 0.3) is 90.9 Å². The number of aromatic amines is 2. The Morgan fingerprint density at radius 3 is 0.602 bits per heavy atom. The highest BCUT2D eigenvalue weighted by molar-refractivity contribution is 7.88. The molecule has 8 bridgehead atoms. The SMILES string of the molecule is Cc1cc(OS(=O)(=O)C(F)(F)F)cc(C)c1-c1c2nc(c(-c3c(C)cc(OS(=O)(=O)C(F)(F)F)cc3C)c3ccc([nH]3)c(-c3c(C)cc(OS(=O)(=O)C(F)(F)F)cc3C)c3nc(c(-c4c(C)cc(OS(=O)(=O)C(F)(F)F)cc4C)c4ccc1[nH]4)C=C3)C=C2. The number of fused-ring (bicyclic) bond motifs is 8. The smallest absolute Gasteiger partial charge is 0.376 e. The lowest BCUT2D eigenvalue weighted by molar-refractivity contribution is -0.0504. The number of hydrogen-bond donors (Lipinski definition) is 2. The summed E-state index contributed by atoms with van der Waals surface area (Å²) >= 11 is 0. The molecular weight excluding hydrogens is 1280 g/mol. The first kappa shape index (κ1) is 64.1. The number of nitrogens with zero attached hydrogens (tertiary/aromatic N) is 2. The van der Waals surface area contributed by atoms with Gasteiger partial charge in [0.15, 0.2) is 0 Å². The number of benzene rings is 4. The lowest BCUT2D eigenvalue weighted by Crippen LogP contribution is -2.28. The number of rotatable bonds is 12. The van der Waals surface area contributed by atoms with Crippen molar-refractivity contribution < 1.29 is 103 Å². The van der Waals surface area contributed by atoms with E-state index in [-0.39, 0.29) is 134 Å². The third-order valence-electron chi connectivity index (χ3n) is 13.7. The first-order chi connectivity index (χ1) is 40.4. The molecule has 2 aliphatic heterocycles. The van der Waals surface area contributed by atoms with Gasteiger partial charge in [0, 0.05) is 44.3 Å². The molecule has 0 aliphatic carbocycles. The van der Waals surface area contributed by atoms with Crippen molar-refractivity contribution in [3.05, 3.63) is 140 Å². The Morgan fingerprint density at radius 2 is 0.455 bits per heavy atom. The Hall–Kier alpha value is -8.36. The predicted molar refractivity (Wildman–Crippen MR) is 301 cm³/mol. The molecular formula is C56H42F12N4O12S4. The van der Waals surface area contributed by atoms with E-state index in [1.165, 1.54) is 104 Å². The number of alkyl halides is 12. The van der Waals surface area contributed by atoms with Crippen molar-refractivity contribution >= 4 is 86.8 Å². The fraction of sp³-hybridized carbons (Fsp3) is 0.214. The summed E-state index contributed by atoms with van der Waals surface area (Å²) < 4.78 is 279. The average molecular weight is 1320 g/mol. The molecule has 0 atom stereocenters. The van der Waals surface area contributed by atoms with Crippen LogP contribution in [0.3, 0.4) is 0 Å². The number of hydrogen-bond acceptors (Lipinski definition) is 14. The molecule has 5 heterocycles. The van der Waals surface area contributed by atoms with Gasteiger partial charge in [-0.05, 0) is 219 Å². The normalized spacial score (nSPS) is 13.5. The van der Waals surface area contributed by atoms with Gasteiger partial charge in [0.05, 0.1) is 22.8 Å². The number of nitrogens with one attached hydrogen (secondary N) is 2. The molecule has 0 saturated carbocycles. The monoisotopic (exact) mass is 1320 g/mol. The fourth-order valence-electron chi connectivity index (χ4n) is 10.4. The Labute approximate surface area is 492 Å². The summed E-state index contributed by atoms with van der Waals surface area (Å²) in [6.45, 7) is 11.4. The van der Waals surface area contributed by atoms with Gasteiger partial charge in [-0.25, -0.2) is 9.97 Å². The summed E-state index contributed by atoms with van der Waals surface area (Å²) in [6, 6.07) is 14.3. The van der Waals surface area contributed by atoms with Crippen molar-refractivity contribution in [3.8, 4) is 67.5 Å². The van der Waals surface area contributed by atoms with Crippen LogP contribution < -0.4 is 16.7 Å². The van der Waals surface area contributed by atoms with E-state index in [1.807, 2.05) is 0 Å². The minimum absolute atomic E-state index is 0.0810. The van der Waals surface area contributed by atoms with Crippen molar-refractivity contribution in [2.75, 3.05) is 0 Å². The van der Waals surface area contributed by atoms with Crippen LogP contribution in [-0.2, 0) is 40.5 Å². The van der Waals surface area contributed by atoms with E-state index in [4.69, 9.17) is 9.97 Å². The zero-order chi connectivity index (χ0) is 65.1. The predicted octanol–water partition coefficient (Wildman–Crippen LogP) is 14.7. The van der Waals surface area contributed by atoms with Gasteiger partial charge in [-0.3, -0.25) is 0 Å². The molecule has 2 N–H and O–H groups in total. The molecule has 9 rings (SSSR count). The minimum Gasteiger partial charge on any atom is -0.376 e. The Kier molecular flexibility index (Phi) is 15.8. The minimum atomic E-state index is -6.19. The zero-order valence-corrected chi connectivity index (χ0v) is 49.5. The highest BCUT2D eigenvalue weighted by Gasteiger charge is 2.51. The third-order valence-corrected chi connectivity index (χ3v) is 17.7. The molecule has 0 radical (unpaired) electrons. The van der Waals surface area contributed by atoms with Crippen molar-refractivity contribution in [1.82, 2.24) is 19.9 Å². The third kappa shape index (κ3) is 11.9. The van der Waals surface area contributed by atoms with Gasteiger partial charge < -0.3 is 26.7 Å². The summed E-state index contributed by atoms with van der Waals surface area (Å²) in [6.07, 6.45) is 6.03. The Balaban J connectivity index is 1.46. The molecule has 2 aliphatic rings. The average Bonchev–Trinajstić information content (AvgIpc) is 2.06. The van der Waals surface area contributed by atoms with Crippen LogP contribution in [0.1, 0.15) is 67.3 Å². The van der Waals surface area contributed by atoms with Gasteiger partial charge in [-0.15, -0.1) is 0 Å². The quantitative estimate of drug-likeness (QED) is 0.0658. The molecule has 7 aromatic rings. The maximum atomic E-state index is 13.6. The van der Waals surface area contributed by atoms with E-state index >= 15 is 0 Å². The molecule has 466 valence electrons. The molecule has 0 amide bonds. The van der Waals surface area contributed by atoms with Gasteiger partial charge in [-0.2, -0.15) is 86.4 Å². The lowest BCUT2D eigenvalue weighted by Gasteiger charge is -2.16. The van der Waals surface area contributed by atoms with Gasteiger partial charge in [0.1, 0.15) is 23.0 Å². The summed E-state index contributed by atoms with van der Waals surface area (Å²) in [5, 5.41) is 0. The second kappa shape index (κ2) is 21.7. The van der Waals surface area contributed by atoms with Gasteiger partial charge >= 0.3 is 62.5 Å². The Morgan fingerprint density at radius 1 is 0.295 bits per heavy atom.